The van der Waals surface area contributed by atoms with Crippen LogP contribution in [0.25, 0.3) is 0 Å². The lowest BCUT2D eigenvalue weighted by Crippen LogP contribution is -2.35. The fourth-order valence-corrected chi connectivity index (χ4v) is 5.27. The summed E-state index contributed by atoms with van der Waals surface area (Å²) in [5.41, 5.74) is 1.57. The third kappa shape index (κ3) is 0.959. The second-order valence-electron chi connectivity index (χ2n) is 7.00. The van der Waals surface area contributed by atoms with E-state index in [9.17, 15) is 4.79 Å². The van der Waals surface area contributed by atoms with Crippen LogP contribution < -0.4 is 0 Å². The van der Waals surface area contributed by atoms with E-state index < -0.39 is 0 Å². The fourth-order valence-electron chi connectivity index (χ4n) is 5.27. The lowest BCUT2D eigenvalue weighted by molar-refractivity contribution is -0.115. The van der Waals surface area contributed by atoms with Crippen LogP contribution in [0.1, 0.15) is 46.5 Å². The average Bonchev–Trinajstić information content (AvgIpc) is 2.51. The van der Waals surface area contributed by atoms with Crippen LogP contribution in [0, 0.1) is 28.6 Å². The Bertz CT molecular complexity index is 379. The molecule has 1 nitrogen and oxygen atoms in total. The number of hydrogen-bond donors (Lipinski definition) is 0. The molecule has 3 rings (SSSR count). The molecule has 4 atom stereocenters. The van der Waals surface area contributed by atoms with E-state index in [2.05, 4.69) is 27.4 Å². The van der Waals surface area contributed by atoms with Gasteiger partial charge >= 0.3 is 0 Å². The molecule has 3 aliphatic rings. The number of rotatable bonds is 0. The zero-order valence-corrected chi connectivity index (χ0v) is 10.7. The molecule has 0 unspecified atom stereocenters. The Morgan fingerprint density at radius 2 is 1.94 bits per heavy atom. The van der Waals surface area contributed by atoms with Gasteiger partial charge in [-0.3, -0.25) is 4.79 Å². The first-order valence-corrected chi connectivity index (χ1v) is 6.62. The molecular weight excluding hydrogens is 196 g/mol. The number of allylic oxidation sites excluding steroid dienone is 1. The fraction of sp³-hybridized carbons (Fsp3) is 0.800. The van der Waals surface area contributed by atoms with Crippen LogP contribution >= 0.6 is 0 Å². The highest BCUT2D eigenvalue weighted by atomic mass is 16.1. The van der Waals surface area contributed by atoms with Crippen LogP contribution in [0.4, 0.5) is 0 Å². The highest BCUT2D eigenvalue weighted by Gasteiger charge is 2.66. The van der Waals surface area contributed by atoms with E-state index in [4.69, 9.17) is 0 Å². The van der Waals surface area contributed by atoms with Crippen molar-refractivity contribution in [2.75, 3.05) is 0 Å². The molecule has 0 aromatic rings. The summed E-state index contributed by atoms with van der Waals surface area (Å²) >= 11 is 0. The SMILES string of the molecule is C=C1C(=O)C[C@@H]2[C@H]3CC[C@@H](C)[C@@]12CC3(C)C. The van der Waals surface area contributed by atoms with E-state index in [1.807, 2.05) is 0 Å². The van der Waals surface area contributed by atoms with Crippen molar-refractivity contribution in [2.24, 2.45) is 28.6 Å². The monoisotopic (exact) mass is 218 g/mol. The van der Waals surface area contributed by atoms with Gasteiger partial charge in [0.15, 0.2) is 5.78 Å². The van der Waals surface area contributed by atoms with Crippen LogP contribution in [0.3, 0.4) is 0 Å². The Morgan fingerprint density at radius 1 is 1.25 bits per heavy atom. The lowest BCUT2D eigenvalue weighted by Gasteiger charge is -2.41. The Morgan fingerprint density at radius 3 is 2.56 bits per heavy atom. The lowest BCUT2D eigenvalue weighted by atomic mass is 9.62. The Labute approximate surface area is 98.3 Å². The van der Waals surface area contributed by atoms with Crippen LogP contribution in [-0.4, -0.2) is 5.78 Å². The van der Waals surface area contributed by atoms with Crippen molar-refractivity contribution in [2.45, 2.75) is 46.5 Å². The van der Waals surface area contributed by atoms with Gasteiger partial charge in [0, 0.05) is 11.8 Å². The smallest absolute Gasteiger partial charge is 0.159 e. The molecule has 0 spiro atoms. The molecule has 0 radical (unpaired) electrons. The van der Waals surface area contributed by atoms with Crippen molar-refractivity contribution in [3.8, 4) is 0 Å². The number of Topliss-reactive ketones (excluding diaryl/α,β-unsaturated/α-hetero) is 1. The summed E-state index contributed by atoms with van der Waals surface area (Å²) in [7, 11) is 0. The third-order valence-electron chi connectivity index (χ3n) is 5.99. The van der Waals surface area contributed by atoms with Gasteiger partial charge in [-0.15, -0.1) is 0 Å². The molecule has 3 saturated carbocycles. The zero-order valence-electron chi connectivity index (χ0n) is 10.7. The molecule has 0 amide bonds. The highest BCUT2D eigenvalue weighted by Crippen LogP contribution is 2.71. The Balaban J connectivity index is 2.14. The molecule has 1 heteroatoms. The van der Waals surface area contributed by atoms with Gasteiger partial charge in [0.05, 0.1) is 0 Å². The van der Waals surface area contributed by atoms with Gasteiger partial charge in [-0.05, 0) is 48.0 Å². The standard InChI is InChI=1S/C15H22O/c1-9-5-6-11-12-7-13(16)10(2)15(9,12)8-14(11,3)4/h9,11-12H,2,5-8H2,1,3-4H3/t9-,11-,12-,15+/m1/s1. The number of ketones is 1. The number of carbonyl (C=O) groups excluding carboxylic acids is 1. The van der Waals surface area contributed by atoms with E-state index >= 15 is 0 Å². The summed E-state index contributed by atoms with van der Waals surface area (Å²) in [5, 5.41) is 0. The largest absolute Gasteiger partial charge is 0.295 e. The number of hydrogen-bond acceptors (Lipinski definition) is 1. The zero-order chi connectivity index (χ0) is 11.7. The highest BCUT2D eigenvalue weighted by molar-refractivity contribution is 5.99. The Hall–Kier alpha value is -0.590. The van der Waals surface area contributed by atoms with Gasteiger partial charge < -0.3 is 0 Å². The maximum Gasteiger partial charge on any atom is 0.159 e. The van der Waals surface area contributed by atoms with Gasteiger partial charge in [0.2, 0.25) is 0 Å². The van der Waals surface area contributed by atoms with Crippen molar-refractivity contribution in [1.29, 1.82) is 0 Å². The third-order valence-corrected chi connectivity index (χ3v) is 5.99. The van der Waals surface area contributed by atoms with Crippen LogP contribution in [0.5, 0.6) is 0 Å². The topological polar surface area (TPSA) is 17.1 Å². The second-order valence-corrected chi connectivity index (χ2v) is 7.00. The Kier molecular flexibility index (Phi) is 1.85. The van der Waals surface area contributed by atoms with E-state index in [1.165, 1.54) is 19.3 Å². The normalized spacial score (nSPS) is 49.6. The van der Waals surface area contributed by atoms with E-state index in [0.717, 1.165) is 17.9 Å². The van der Waals surface area contributed by atoms with Crippen molar-refractivity contribution < 1.29 is 4.79 Å². The first-order valence-electron chi connectivity index (χ1n) is 6.62. The van der Waals surface area contributed by atoms with Gasteiger partial charge in [-0.25, -0.2) is 0 Å². The van der Waals surface area contributed by atoms with Gasteiger partial charge in [-0.2, -0.15) is 0 Å². The van der Waals surface area contributed by atoms with Gasteiger partial charge in [-0.1, -0.05) is 27.4 Å². The summed E-state index contributed by atoms with van der Waals surface area (Å²) in [6, 6.07) is 0. The molecule has 2 bridgehead atoms. The van der Waals surface area contributed by atoms with Crippen LogP contribution in [0.2, 0.25) is 0 Å². The minimum atomic E-state index is 0.184. The molecule has 0 aromatic heterocycles. The maximum absolute atomic E-state index is 12.0. The van der Waals surface area contributed by atoms with Crippen LogP contribution in [0.15, 0.2) is 12.2 Å². The van der Waals surface area contributed by atoms with E-state index in [-0.39, 0.29) is 5.41 Å². The molecule has 0 aliphatic heterocycles. The van der Waals surface area contributed by atoms with Crippen molar-refractivity contribution >= 4 is 5.78 Å². The van der Waals surface area contributed by atoms with E-state index in [0.29, 0.717) is 23.0 Å². The summed E-state index contributed by atoms with van der Waals surface area (Å²) in [5.74, 6) is 2.40. The van der Waals surface area contributed by atoms with Gasteiger partial charge in [0.25, 0.3) is 0 Å². The molecule has 0 aromatic carbocycles. The minimum Gasteiger partial charge on any atom is -0.295 e. The molecule has 0 N–H and O–H groups in total. The quantitative estimate of drug-likeness (QED) is 0.568. The molecule has 3 fully saturated rings. The molecule has 3 aliphatic carbocycles. The summed E-state index contributed by atoms with van der Waals surface area (Å²) in [6.07, 6.45) is 4.59. The average molecular weight is 218 g/mol. The van der Waals surface area contributed by atoms with E-state index in [1.54, 1.807) is 0 Å². The second kappa shape index (κ2) is 2.80. The number of carbonyl (C=O) groups is 1. The molecule has 16 heavy (non-hydrogen) atoms. The van der Waals surface area contributed by atoms with Crippen molar-refractivity contribution in [3.63, 3.8) is 0 Å². The molecule has 0 heterocycles. The van der Waals surface area contributed by atoms with Crippen LogP contribution in [-0.2, 0) is 4.79 Å². The molecule has 88 valence electrons. The van der Waals surface area contributed by atoms with Crippen molar-refractivity contribution in [1.82, 2.24) is 0 Å². The summed E-state index contributed by atoms with van der Waals surface area (Å²) in [4.78, 5) is 12.0. The predicted molar refractivity (Wildman–Crippen MR) is 65.0 cm³/mol. The minimum absolute atomic E-state index is 0.184. The molecule has 0 saturated heterocycles. The van der Waals surface area contributed by atoms with Gasteiger partial charge in [0.1, 0.15) is 0 Å². The summed E-state index contributed by atoms with van der Waals surface area (Å²) < 4.78 is 0. The molecular formula is C15H22O. The predicted octanol–water partition coefficient (Wildman–Crippen LogP) is 3.59. The van der Waals surface area contributed by atoms with Crippen molar-refractivity contribution in [3.05, 3.63) is 12.2 Å². The first-order chi connectivity index (χ1) is 7.39. The maximum atomic E-state index is 12.0. The first kappa shape index (κ1) is 10.6. The summed E-state index contributed by atoms with van der Waals surface area (Å²) in [6.45, 7) is 11.3.